The molecule has 1 aliphatic rings. The van der Waals surface area contributed by atoms with Crippen molar-refractivity contribution < 1.29 is 0 Å². The van der Waals surface area contributed by atoms with Gasteiger partial charge in [-0.15, -0.1) is 0 Å². The highest BCUT2D eigenvalue weighted by Gasteiger charge is 2.14. The minimum atomic E-state index is 0.806. The highest BCUT2D eigenvalue weighted by atomic mass is 32.1. The summed E-state index contributed by atoms with van der Waals surface area (Å²) in [7, 11) is 0. The van der Waals surface area contributed by atoms with E-state index in [9.17, 15) is 0 Å². The van der Waals surface area contributed by atoms with Crippen molar-refractivity contribution >= 4 is 56.1 Å². The third-order valence-corrected chi connectivity index (χ3v) is 5.35. The second kappa shape index (κ2) is 6.21. The Labute approximate surface area is 156 Å². The third kappa shape index (κ3) is 2.66. The molecule has 1 aliphatic heterocycles. The number of hydrogen-bond donors (Lipinski definition) is 2. The van der Waals surface area contributed by atoms with E-state index < -0.39 is 0 Å². The van der Waals surface area contributed by atoms with E-state index in [4.69, 9.17) is 22.2 Å². The topological polar surface area (TPSA) is 56.8 Å². The van der Waals surface area contributed by atoms with E-state index in [0.717, 1.165) is 57.0 Å². The van der Waals surface area contributed by atoms with Crippen LogP contribution in [0.15, 0.2) is 42.5 Å². The number of fused-ring (bicyclic) bond motifs is 4. The first kappa shape index (κ1) is 15.5. The largest absolute Gasteiger partial charge is 0.349 e. The zero-order valence-electron chi connectivity index (χ0n) is 14.3. The Morgan fingerprint density at radius 1 is 1.00 bits per heavy atom. The van der Waals surface area contributed by atoms with Gasteiger partial charge >= 0.3 is 0 Å². The van der Waals surface area contributed by atoms with Gasteiger partial charge < -0.3 is 15.2 Å². The normalized spacial score (nSPS) is 15.0. The molecule has 1 saturated heterocycles. The van der Waals surface area contributed by atoms with Crippen molar-refractivity contribution in [2.45, 2.75) is 19.3 Å². The Bertz CT molecular complexity index is 1130. The van der Waals surface area contributed by atoms with Gasteiger partial charge in [-0.25, -0.2) is 9.97 Å². The van der Waals surface area contributed by atoms with Gasteiger partial charge in [0.25, 0.3) is 0 Å². The van der Waals surface area contributed by atoms with Crippen LogP contribution in [0.2, 0.25) is 0 Å². The summed E-state index contributed by atoms with van der Waals surface area (Å²) in [6.07, 6.45) is 3.73. The minimum Gasteiger partial charge on any atom is -0.349 e. The van der Waals surface area contributed by atoms with Crippen molar-refractivity contribution in [2.75, 3.05) is 18.4 Å². The first-order valence-electron chi connectivity index (χ1n) is 9.02. The predicted molar refractivity (Wildman–Crippen MR) is 111 cm³/mol. The number of anilines is 1. The molecule has 1 fully saturated rings. The molecule has 3 heterocycles. The monoisotopic (exact) mass is 361 g/mol. The SMILES string of the molecule is S=C(Nc1ccc2[nH]c3nc4ccccc4nc3c2c1)N1CCCCC1. The maximum atomic E-state index is 5.60. The minimum absolute atomic E-state index is 0.806. The first-order chi connectivity index (χ1) is 12.8. The fraction of sp³-hybridized carbons (Fsp3) is 0.250. The average Bonchev–Trinajstić information content (AvgIpc) is 3.03. The van der Waals surface area contributed by atoms with Gasteiger partial charge in [0, 0.05) is 29.7 Å². The summed E-state index contributed by atoms with van der Waals surface area (Å²) in [5.74, 6) is 0. The average molecular weight is 361 g/mol. The van der Waals surface area contributed by atoms with Crippen molar-refractivity contribution in [3.05, 3.63) is 42.5 Å². The predicted octanol–water partition coefficient (Wildman–Crippen LogP) is 4.45. The van der Waals surface area contributed by atoms with Crippen LogP contribution in [0.3, 0.4) is 0 Å². The standard InChI is InChI=1S/C20H19N5S/c26-20(25-10-4-1-5-11-25)21-13-8-9-15-14(12-13)18-19(23-15)24-17-7-3-2-6-16(17)22-18/h2-3,6-9,12H,1,4-5,10-11H2,(H,21,26)(H,23,24). The maximum Gasteiger partial charge on any atom is 0.173 e. The molecular weight excluding hydrogens is 342 g/mol. The summed E-state index contributed by atoms with van der Waals surface area (Å²) in [6.45, 7) is 2.08. The number of aromatic amines is 1. The molecule has 0 atom stereocenters. The second-order valence-corrected chi connectivity index (χ2v) is 7.16. The Kier molecular flexibility index (Phi) is 3.71. The summed E-state index contributed by atoms with van der Waals surface area (Å²) in [4.78, 5) is 15.1. The summed E-state index contributed by atoms with van der Waals surface area (Å²) >= 11 is 5.60. The molecule has 130 valence electrons. The maximum absolute atomic E-state index is 5.60. The van der Waals surface area contributed by atoms with Crippen molar-refractivity contribution in [3.8, 4) is 0 Å². The lowest BCUT2D eigenvalue weighted by atomic mass is 10.1. The molecule has 0 radical (unpaired) electrons. The molecule has 5 rings (SSSR count). The molecule has 0 unspecified atom stereocenters. The number of benzene rings is 2. The van der Waals surface area contributed by atoms with E-state index in [1.807, 2.05) is 30.3 Å². The smallest absolute Gasteiger partial charge is 0.173 e. The Hall–Kier alpha value is -2.73. The van der Waals surface area contributed by atoms with Crippen LogP contribution in [-0.4, -0.2) is 38.1 Å². The summed E-state index contributed by atoms with van der Waals surface area (Å²) in [6, 6.07) is 14.2. The molecule has 0 saturated carbocycles. The number of rotatable bonds is 1. The van der Waals surface area contributed by atoms with Crippen molar-refractivity contribution in [3.63, 3.8) is 0 Å². The van der Waals surface area contributed by atoms with Crippen LogP contribution in [0, 0.1) is 0 Å². The number of nitrogens with one attached hydrogen (secondary N) is 2. The van der Waals surface area contributed by atoms with Crippen LogP contribution >= 0.6 is 12.2 Å². The molecule has 26 heavy (non-hydrogen) atoms. The molecule has 2 aromatic heterocycles. The van der Waals surface area contributed by atoms with E-state index in [0.29, 0.717) is 0 Å². The zero-order valence-corrected chi connectivity index (χ0v) is 15.1. The molecule has 5 nitrogen and oxygen atoms in total. The lowest BCUT2D eigenvalue weighted by Gasteiger charge is -2.29. The number of thiocarbonyl (C=S) groups is 1. The molecule has 2 N–H and O–H groups in total. The van der Waals surface area contributed by atoms with Gasteiger partial charge in [-0.05, 0) is 61.8 Å². The number of hydrogen-bond acceptors (Lipinski definition) is 3. The van der Waals surface area contributed by atoms with E-state index in [-0.39, 0.29) is 0 Å². The molecule has 0 spiro atoms. The van der Waals surface area contributed by atoms with Crippen molar-refractivity contribution in [1.82, 2.24) is 19.9 Å². The highest BCUT2D eigenvalue weighted by molar-refractivity contribution is 7.80. The fourth-order valence-corrected chi connectivity index (χ4v) is 3.93. The van der Waals surface area contributed by atoms with Crippen LogP contribution in [0.25, 0.3) is 33.1 Å². The lowest BCUT2D eigenvalue weighted by Crippen LogP contribution is -2.38. The third-order valence-electron chi connectivity index (χ3n) is 4.99. The molecule has 0 aliphatic carbocycles. The molecule has 0 bridgehead atoms. The van der Waals surface area contributed by atoms with Crippen LogP contribution in [0.5, 0.6) is 0 Å². The number of H-pyrrole nitrogens is 1. The van der Waals surface area contributed by atoms with Gasteiger partial charge in [0.15, 0.2) is 10.8 Å². The number of likely N-dealkylation sites (tertiary alicyclic amines) is 1. The van der Waals surface area contributed by atoms with Gasteiger partial charge in [-0.2, -0.15) is 0 Å². The van der Waals surface area contributed by atoms with Gasteiger partial charge in [-0.1, -0.05) is 12.1 Å². The summed E-state index contributed by atoms with van der Waals surface area (Å²) in [5.41, 5.74) is 5.54. The fourth-order valence-electron chi connectivity index (χ4n) is 3.63. The zero-order chi connectivity index (χ0) is 17.5. The van der Waals surface area contributed by atoms with Crippen LogP contribution in [-0.2, 0) is 0 Å². The molecular formula is C20H19N5S. The Balaban J connectivity index is 1.54. The lowest BCUT2D eigenvalue weighted by molar-refractivity contribution is 0.346. The quantitative estimate of drug-likeness (QED) is 0.491. The van der Waals surface area contributed by atoms with Crippen LogP contribution in [0.4, 0.5) is 5.69 Å². The van der Waals surface area contributed by atoms with Crippen LogP contribution in [0.1, 0.15) is 19.3 Å². The molecule has 6 heteroatoms. The van der Waals surface area contributed by atoms with Gasteiger partial charge in [0.2, 0.25) is 0 Å². The van der Waals surface area contributed by atoms with Crippen molar-refractivity contribution in [2.24, 2.45) is 0 Å². The number of aromatic nitrogens is 3. The Morgan fingerprint density at radius 3 is 2.58 bits per heavy atom. The number of nitrogens with zero attached hydrogens (tertiary/aromatic N) is 3. The van der Waals surface area contributed by atoms with Gasteiger partial charge in [0.05, 0.1) is 11.0 Å². The number of piperidine rings is 1. The Morgan fingerprint density at radius 2 is 1.77 bits per heavy atom. The van der Waals surface area contributed by atoms with Crippen LogP contribution < -0.4 is 5.32 Å². The molecule has 4 aromatic rings. The first-order valence-corrected chi connectivity index (χ1v) is 9.43. The van der Waals surface area contributed by atoms with E-state index >= 15 is 0 Å². The second-order valence-electron chi connectivity index (χ2n) is 6.77. The molecule has 2 aromatic carbocycles. The molecule has 0 amide bonds. The van der Waals surface area contributed by atoms with E-state index in [2.05, 4.69) is 27.3 Å². The van der Waals surface area contributed by atoms with E-state index in [1.165, 1.54) is 19.3 Å². The highest BCUT2D eigenvalue weighted by Crippen LogP contribution is 2.27. The van der Waals surface area contributed by atoms with Crippen molar-refractivity contribution in [1.29, 1.82) is 0 Å². The van der Waals surface area contributed by atoms with Gasteiger partial charge in [-0.3, -0.25) is 0 Å². The summed E-state index contributed by atoms with van der Waals surface area (Å²) in [5, 5.41) is 5.26. The summed E-state index contributed by atoms with van der Waals surface area (Å²) < 4.78 is 0. The number of para-hydroxylation sites is 2. The van der Waals surface area contributed by atoms with E-state index in [1.54, 1.807) is 0 Å². The van der Waals surface area contributed by atoms with Gasteiger partial charge in [0.1, 0.15) is 5.52 Å².